The number of benzene rings is 2. The predicted octanol–water partition coefficient (Wildman–Crippen LogP) is 5.00. The molecular weight excluding hydrogens is 619 g/mol. The Kier molecular flexibility index (Phi) is 5.82. The number of imide groups is 2. The van der Waals surface area contributed by atoms with Crippen LogP contribution in [0.5, 0.6) is 5.75 Å². The zero-order chi connectivity index (χ0) is 27.3. The van der Waals surface area contributed by atoms with Crippen LogP contribution in [0.15, 0.2) is 58.6 Å². The van der Waals surface area contributed by atoms with Gasteiger partial charge in [-0.25, -0.2) is 0 Å². The molecule has 11 heteroatoms. The SMILES string of the molecule is CN1C(=O)[C@]2(Cl)C[C@@H]3C(=CC[C@@H]4C(=O)N(c5ccc(Br)cc5)C(=O)[C@@H]43)[C@H](c3cc(Cl)ccc3O)[C@]2(Cl)C1=O. The monoisotopic (exact) mass is 636 g/mol. The van der Waals surface area contributed by atoms with Crippen LogP contribution in [0.25, 0.3) is 0 Å². The van der Waals surface area contributed by atoms with Crippen LogP contribution in [-0.4, -0.2) is 50.4 Å². The number of halogens is 4. The fourth-order valence-electron chi connectivity index (χ4n) is 6.69. The van der Waals surface area contributed by atoms with Gasteiger partial charge in [0.2, 0.25) is 11.8 Å². The molecule has 4 amide bonds. The second kappa shape index (κ2) is 8.55. The molecule has 6 atom stereocenters. The summed E-state index contributed by atoms with van der Waals surface area (Å²) < 4.78 is 0.800. The van der Waals surface area contributed by atoms with Crippen molar-refractivity contribution in [2.24, 2.45) is 17.8 Å². The first-order chi connectivity index (χ1) is 17.9. The zero-order valence-corrected chi connectivity index (χ0v) is 23.7. The molecule has 0 bridgehead atoms. The number of nitrogens with zero attached hydrogens (tertiary/aromatic N) is 2. The molecular formula is C27H20BrCl3N2O5. The molecule has 6 rings (SSSR count). The van der Waals surface area contributed by atoms with E-state index in [0.717, 1.165) is 9.37 Å². The third kappa shape index (κ3) is 3.20. The normalized spacial score (nSPS) is 34.3. The number of hydrogen-bond donors (Lipinski definition) is 1. The molecule has 7 nitrogen and oxygen atoms in total. The second-order valence-corrected chi connectivity index (χ2v) is 12.8. The fourth-order valence-corrected chi connectivity index (χ4v) is 8.15. The van der Waals surface area contributed by atoms with Gasteiger partial charge in [-0.2, -0.15) is 0 Å². The van der Waals surface area contributed by atoms with Gasteiger partial charge in [0, 0.05) is 28.0 Å². The van der Waals surface area contributed by atoms with Crippen molar-refractivity contribution in [2.45, 2.75) is 28.5 Å². The molecule has 2 aliphatic heterocycles. The van der Waals surface area contributed by atoms with Crippen molar-refractivity contribution in [1.82, 2.24) is 4.90 Å². The number of amides is 4. The smallest absolute Gasteiger partial charge is 0.253 e. The number of phenols is 1. The highest BCUT2D eigenvalue weighted by atomic mass is 79.9. The molecule has 1 saturated carbocycles. The van der Waals surface area contributed by atoms with E-state index in [1.165, 1.54) is 30.1 Å². The molecule has 38 heavy (non-hydrogen) atoms. The highest BCUT2D eigenvalue weighted by Crippen LogP contribution is 2.66. The molecule has 0 radical (unpaired) electrons. The highest BCUT2D eigenvalue weighted by molar-refractivity contribution is 9.10. The minimum atomic E-state index is -1.98. The number of hydrogen-bond acceptors (Lipinski definition) is 5. The van der Waals surface area contributed by atoms with Crippen molar-refractivity contribution in [2.75, 3.05) is 11.9 Å². The topological polar surface area (TPSA) is 95.0 Å². The standard InChI is InChI=1S/C27H20BrCl3N2O5/c1-32-24(37)26(30)11-18-15(21(27(26,31)25(32)38)17-10-13(29)4-9-19(17)34)7-8-16-20(18)23(36)33(22(16)35)14-5-2-12(28)3-6-14/h2-7,9-10,16,18,20-21,34H,8,11H2,1H3/t16-,18+,20-,21+,26+,27-/m0/s1. The van der Waals surface area contributed by atoms with E-state index in [9.17, 15) is 24.3 Å². The average molecular weight is 639 g/mol. The molecule has 2 aromatic rings. The van der Waals surface area contributed by atoms with Crippen molar-refractivity contribution in [3.8, 4) is 5.75 Å². The first-order valence-electron chi connectivity index (χ1n) is 11.9. The lowest BCUT2D eigenvalue weighted by atomic mass is 9.56. The Hall–Kier alpha value is -2.39. The lowest BCUT2D eigenvalue weighted by molar-refractivity contribution is -0.138. The Bertz CT molecular complexity index is 1480. The van der Waals surface area contributed by atoms with E-state index in [2.05, 4.69) is 15.9 Å². The van der Waals surface area contributed by atoms with Gasteiger partial charge in [0.05, 0.1) is 17.5 Å². The molecule has 2 aliphatic carbocycles. The third-order valence-corrected chi connectivity index (χ3v) is 10.6. The van der Waals surface area contributed by atoms with Gasteiger partial charge in [0.1, 0.15) is 5.75 Å². The zero-order valence-electron chi connectivity index (χ0n) is 19.8. The van der Waals surface area contributed by atoms with Crippen molar-refractivity contribution in [1.29, 1.82) is 0 Å². The molecule has 2 saturated heterocycles. The fraction of sp³-hybridized carbons (Fsp3) is 0.333. The maximum absolute atomic E-state index is 13.9. The summed E-state index contributed by atoms with van der Waals surface area (Å²) in [6.45, 7) is 0. The summed E-state index contributed by atoms with van der Waals surface area (Å²) in [5, 5.41) is 11.2. The van der Waals surface area contributed by atoms with Crippen LogP contribution < -0.4 is 4.90 Å². The van der Waals surface area contributed by atoms with Crippen LogP contribution in [0.3, 0.4) is 0 Å². The summed E-state index contributed by atoms with van der Waals surface area (Å²) in [6.07, 6.45) is 1.92. The lowest BCUT2D eigenvalue weighted by Crippen LogP contribution is -2.60. The molecule has 196 valence electrons. The number of likely N-dealkylation sites (tertiary alicyclic amines) is 1. The van der Waals surface area contributed by atoms with Crippen molar-refractivity contribution in [3.63, 3.8) is 0 Å². The molecule has 1 N–H and O–H groups in total. The van der Waals surface area contributed by atoms with Gasteiger partial charge in [-0.3, -0.25) is 29.0 Å². The Morgan fingerprint density at radius 2 is 1.66 bits per heavy atom. The number of aromatic hydroxyl groups is 1. The minimum absolute atomic E-state index is 0.120. The van der Waals surface area contributed by atoms with Gasteiger partial charge in [-0.05, 0) is 61.2 Å². The number of carbonyl (C=O) groups is 4. The lowest BCUT2D eigenvalue weighted by Gasteiger charge is -2.50. The number of rotatable bonds is 2. The largest absolute Gasteiger partial charge is 0.508 e. The van der Waals surface area contributed by atoms with Crippen LogP contribution in [0.4, 0.5) is 5.69 Å². The van der Waals surface area contributed by atoms with E-state index >= 15 is 0 Å². The van der Waals surface area contributed by atoms with Crippen molar-refractivity contribution >= 4 is 80.0 Å². The number of alkyl halides is 2. The van der Waals surface area contributed by atoms with Gasteiger partial charge in [0.25, 0.3) is 11.8 Å². The minimum Gasteiger partial charge on any atom is -0.508 e. The quantitative estimate of drug-likeness (QED) is 0.284. The van der Waals surface area contributed by atoms with Crippen molar-refractivity contribution < 1.29 is 24.3 Å². The molecule has 2 heterocycles. The predicted molar refractivity (Wildman–Crippen MR) is 145 cm³/mol. The van der Waals surface area contributed by atoms with E-state index in [4.69, 9.17) is 34.8 Å². The first kappa shape index (κ1) is 25.9. The van der Waals surface area contributed by atoms with Crippen LogP contribution in [0, 0.1) is 17.8 Å². The van der Waals surface area contributed by atoms with Crippen LogP contribution in [0.2, 0.25) is 5.02 Å². The maximum atomic E-state index is 13.9. The molecule has 2 aromatic carbocycles. The van der Waals surface area contributed by atoms with E-state index in [0.29, 0.717) is 11.3 Å². The van der Waals surface area contributed by atoms with Crippen LogP contribution >= 0.6 is 50.7 Å². The van der Waals surface area contributed by atoms with Crippen LogP contribution in [-0.2, 0) is 19.2 Å². The summed E-state index contributed by atoms with van der Waals surface area (Å²) in [6, 6.07) is 11.2. The summed E-state index contributed by atoms with van der Waals surface area (Å²) in [7, 11) is 1.31. The number of fused-ring (bicyclic) bond motifs is 4. The molecule has 0 aromatic heterocycles. The molecule has 0 unspecified atom stereocenters. The Labute approximate surface area is 241 Å². The summed E-state index contributed by atoms with van der Waals surface area (Å²) in [5.74, 6) is -5.53. The summed E-state index contributed by atoms with van der Waals surface area (Å²) in [5.41, 5.74) is 1.26. The number of allylic oxidation sites excluding steroid dienone is 2. The Morgan fingerprint density at radius 1 is 0.974 bits per heavy atom. The summed E-state index contributed by atoms with van der Waals surface area (Å²) in [4.78, 5) is 52.6. The van der Waals surface area contributed by atoms with E-state index in [-0.39, 0.29) is 35.1 Å². The van der Waals surface area contributed by atoms with E-state index < -0.39 is 51.1 Å². The van der Waals surface area contributed by atoms with E-state index in [1.54, 1.807) is 24.3 Å². The van der Waals surface area contributed by atoms with Gasteiger partial charge >= 0.3 is 0 Å². The average Bonchev–Trinajstić information content (AvgIpc) is 3.21. The highest BCUT2D eigenvalue weighted by Gasteiger charge is 2.76. The Morgan fingerprint density at radius 3 is 2.34 bits per heavy atom. The van der Waals surface area contributed by atoms with Gasteiger partial charge in [-0.15, -0.1) is 23.2 Å². The maximum Gasteiger partial charge on any atom is 0.253 e. The van der Waals surface area contributed by atoms with Crippen molar-refractivity contribution in [3.05, 3.63) is 69.2 Å². The van der Waals surface area contributed by atoms with Gasteiger partial charge in [0.15, 0.2) is 9.75 Å². The third-order valence-electron chi connectivity index (χ3n) is 8.40. The number of phenolic OH excluding ortho intramolecular Hbond substituents is 1. The molecule has 3 fully saturated rings. The second-order valence-electron chi connectivity index (χ2n) is 10.2. The number of carbonyl (C=O) groups excluding carboxylic acids is 4. The molecule has 0 spiro atoms. The van der Waals surface area contributed by atoms with Crippen LogP contribution in [0.1, 0.15) is 24.3 Å². The van der Waals surface area contributed by atoms with Gasteiger partial charge < -0.3 is 5.11 Å². The first-order valence-corrected chi connectivity index (χ1v) is 13.9. The summed E-state index contributed by atoms with van der Waals surface area (Å²) >= 11 is 23.8. The number of anilines is 1. The van der Waals surface area contributed by atoms with Gasteiger partial charge in [-0.1, -0.05) is 39.2 Å². The Balaban J connectivity index is 1.53. The van der Waals surface area contributed by atoms with E-state index in [1.807, 2.05) is 6.08 Å². The molecule has 4 aliphatic rings.